The quantitative estimate of drug-likeness (QED) is 0.825. The molecule has 0 bridgehead atoms. The molecule has 0 saturated carbocycles. The predicted molar refractivity (Wildman–Crippen MR) is 85.8 cm³/mol. The average molecular weight is 321 g/mol. The highest BCUT2D eigenvalue weighted by molar-refractivity contribution is 5.73. The normalized spacial score (nSPS) is 28.3. The van der Waals surface area contributed by atoms with Crippen molar-refractivity contribution in [1.29, 1.82) is 0 Å². The van der Waals surface area contributed by atoms with E-state index in [0.717, 1.165) is 39.3 Å². The summed E-state index contributed by atoms with van der Waals surface area (Å²) in [5, 5.41) is 3.90. The topological polar surface area (TPSA) is 65.7 Å². The molecule has 0 radical (unpaired) electrons. The van der Waals surface area contributed by atoms with Crippen LogP contribution in [-0.2, 0) is 4.79 Å². The lowest BCUT2D eigenvalue weighted by molar-refractivity contribution is -0.130. The molecular formula is C16H27N5O2. The second-order valence-corrected chi connectivity index (χ2v) is 6.90. The van der Waals surface area contributed by atoms with Gasteiger partial charge in [-0.2, -0.15) is 4.98 Å². The van der Waals surface area contributed by atoms with Crippen LogP contribution in [0.4, 0.5) is 0 Å². The number of hydrogen-bond acceptors (Lipinski definition) is 6. The van der Waals surface area contributed by atoms with Gasteiger partial charge in [0.1, 0.15) is 0 Å². The largest absolute Gasteiger partial charge is 0.340 e. The maximum atomic E-state index is 11.5. The van der Waals surface area contributed by atoms with Gasteiger partial charge in [-0.1, -0.05) is 12.1 Å². The number of piperazine rings is 1. The molecule has 1 aromatic heterocycles. The SMILES string of the molecule is CC(=O)N1CCN([C@@H]2CN([C@H](C)c3nc(C)no3)C[C@@H]2C)CC1. The third-order valence-electron chi connectivity index (χ3n) is 5.28. The van der Waals surface area contributed by atoms with E-state index in [2.05, 4.69) is 33.8 Å². The number of aryl methyl sites for hydroxylation is 1. The van der Waals surface area contributed by atoms with Gasteiger partial charge in [0.2, 0.25) is 11.8 Å². The summed E-state index contributed by atoms with van der Waals surface area (Å²) in [4.78, 5) is 22.7. The van der Waals surface area contributed by atoms with E-state index < -0.39 is 0 Å². The zero-order valence-electron chi connectivity index (χ0n) is 14.5. The lowest BCUT2D eigenvalue weighted by Gasteiger charge is -2.39. The van der Waals surface area contributed by atoms with Gasteiger partial charge in [-0.3, -0.25) is 14.6 Å². The van der Waals surface area contributed by atoms with Crippen molar-refractivity contribution in [3.8, 4) is 0 Å². The van der Waals surface area contributed by atoms with Gasteiger partial charge >= 0.3 is 0 Å². The molecule has 2 aliphatic heterocycles. The van der Waals surface area contributed by atoms with Crippen molar-refractivity contribution in [2.45, 2.75) is 39.8 Å². The van der Waals surface area contributed by atoms with Gasteiger partial charge in [0.15, 0.2) is 5.82 Å². The first-order chi connectivity index (χ1) is 11.0. The van der Waals surface area contributed by atoms with Crippen LogP contribution in [0, 0.1) is 12.8 Å². The van der Waals surface area contributed by atoms with E-state index in [4.69, 9.17) is 4.52 Å². The molecule has 23 heavy (non-hydrogen) atoms. The molecule has 0 spiro atoms. The van der Waals surface area contributed by atoms with E-state index in [-0.39, 0.29) is 11.9 Å². The van der Waals surface area contributed by atoms with Crippen molar-refractivity contribution < 1.29 is 9.32 Å². The third kappa shape index (κ3) is 3.40. The molecule has 7 nitrogen and oxygen atoms in total. The van der Waals surface area contributed by atoms with Gasteiger partial charge in [0.05, 0.1) is 6.04 Å². The maximum Gasteiger partial charge on any atom is 0.243 e. The number of carbonyl (C=O) groups excluding carboxylic acids is 1. The highest BCUT2D eigenvalue weighted by Gasteiger charge is 2.38. The van der Waals surface area contributed by atoms with Crippen molar-refractivity contribution in [2.24, 2.45) is 5.92 Å². The number of nitrogens with zero attached hydrogens (tertiary/aromatic N) is 5. The molecule has 128 valence electrons. The van der Waals surface area contributed by atoms with E-state index >= 15 is 0 Å². The second-order valence-electron chi connectivity index (χ2n) is 6.90. The van der Waals surface area contributed by atoms with E-state index in [0.29, 0.717) is 23.7 Å². The minimum atomic E-state index is 0.155. The van der Waals surface area contributed by atoms with Crippen LogP contribution in [0.5, 0.6) is 0 Å². The van der Waals surface area contributed by atoms with Gasteiger partial charge in [0, 0.05) is 52.2 Å². The molecular weight excluding hydrogens is 294 g/mol. The molecule has 3 atom stereocenters. The van der Waals surface area contributed by atoms with Gasteiger partial charge in [-0.15, -0.1) is 0 Å². The minimum Gasteiger partial charge on any atom is -0.340 e. The molecule has 2 aliphatic rings. The first kappa shape index (κ1) is 16.4. The number of amides is 1. The zero-order chi connectivity index (χ0) is 16.6. The lowest BCUT2D eigenvalue weighted by atomic mass is 10.0. The van der Waals surface area contributed by atoms with Crippen LogP contribution in [0.2, 0.25) is 0 Å². The molecule has 3 heterocycles. The fraction of sp³-hybridized carbons (Fsp3) is 0.812. The predicted octanol–water partition coefficient (Wildman–Crippen LogP) is 0.923. The van der Waals surface area contributed by atoms with Gasteiger partial charge in [0.25, 0.3) is 0 Å². The average Bonchev–Trinajstić information content (AvgIpc) is 3.13. The van der Waals surface area contributed by atoms with Gasteiger partial charge in [-0.25, -0.2) is 0 Å². The molecule has 0 aromatic carbocycles. The minimum absolute atomic E-state index is 0.155. The summed E-state index contributed by atoms with van der Waals surface area (Å²) in [5.74, 6) is 2.18. The van der Waals surface area contributed by atoms with E-state index in [9.17, 15) is 4.79 Å². The molecule has 0 unspecified atom stereocenters. The first-order valence-corrected chi connectivity index (χ1v) is 8.49. The fourth-order valence-corrected chi connectivity index (χ4v) is 3.79. The van der Waals surface area contributed by atoms with Crippen molar-refractivity contribution in [3.05, 3.63) is 11.7 Å². The second kappa shape index (κ2) is 6.57. The molecule has 3 rings (SSSR count). The Morgan fingerprint density at radius 2 is 1.96 bits per heavy atom. The number of carbonyl (C=O) groups is 1. The van der Waals surface area contributed by atoms with Crippen LogP contribution in [0.3, 0.4) is 0 Å². The first-order valence-electron chi connectivity index (χ1n) is 8.49. The van der Waals surface area contributed by atoms with Gasteiger partial charge in [-0.05, 0) is 19.8 Å². The number of aromatic nitrogens is 2. The van der Waals surface area contributed by atoms with Crippen molar-refractivity contribution in [2.75, 3.05) is 39.3 Å². The standard InChI is InChI=1S/C16H27N5O2/c1-11-9-21(12(2)16-17-13(3)18-23-16)10-15(11)20-7-5-19(6-8-20)14(4)22/h11-12,15H,5-10H2,1-4H3/t11-,12+,15+/m0/s1. The van der Waals surface area contributed by atoms with Crippen LogP contribution in [-0.4, -0.2) is 76.1 Å². The maximum absolute atomic E-state index is 11.5. The summed E-state index contributed by atoms with van der Waals surface area (Å²) in [5.41, 5.74) is 0. The van der Waals surface area contributed by atoms with Gasteiger partial charge < -0.3 is 9.42 Å². The molecule has 0 N–H and O–H groups in total. The Morgan fingerprint density at radius 3 is 2.52 bits per heavy atom. The monoisotopic (exact) mass is 321 g/mol. The van der Waals surface area contributed by atoms with E-state index in [1.54, 1.807) is 6.92 Å². The summed E-state index contributed by atoms with van der Waals surface area (Å²) in [7, 11) is 0. The van der Waals surface area contributed by atoms with Crippen molar-refractivity contribution in [3.63, 3.8) is 0 Å². The molecule has 2 saturated heterocycles. The van der Waals surface area contributed by atoms with Crippen molar-refractivity contribution >= 4 is 5.91 Å². The Hall–Kier alpha value is -1.47. The summed E-state index contributed by atoms with van der Waals surface area (Å²) >= 11 is 0. The molecule has 7 heteroatoms. The van der Waals surface area contributed by atoms with Crippen LogP contribution >= 0.6 is 0 Å². The van der Waals surface area contributed by atoms with Crippen LogP contribution in [0.1, 0.15) is 38.5 Å². The van der Waals surface area contributed by atoms with Crippen LogP contribution < -0.4 is 0 Å². The van der Waals surface area contributed by atoms with Crippen molar-refractivity contribution in [1.82, 2.24) is 24.8 Å². The Balaban J connectivity index is 1.59. The smallest absolute Gasteiger partial charge is 0.243 e. The van der Waals surface area contributed by atoms with Crippen LogP contribution in [0.25, 0.3) is 0 Å². The summed E-state index contributed by atoms with van der Waals surface area (Å²) in [6, 6.07) is 0.692. The molecule has 2 fully saturated rings. The number of rotatable bonds is 3. The third-order valence-corrected chi connectivity index (χ3v) is 5.28. The Bertz CT molecular complexity index is 552. The molecule has 1 aromatic rings. The highest BCUT2D eigenvalue weighted by Crippen LogP contribution is 2.29. The van der Waals surface area contributed by atoms with E-state index in [1.807, 2.05) is 11.8 Å². The summed E-state index contributed by atoms with van der Waals surface area (Å²) in [6.45, 7) is 13.6. The highest BCUT2D eigenvalue weighted by atomic mass is 16.5. The van der Waals surface area contributed by atoms with E-state index in [1.165, 1.54) is 0 Å². The van der Waals surface area contributed by atoms with Crippen LogP contribution in [0.15, 0.2) is 4.52 Å². The summed E-state index contributed by atoms with van der Waals surface area (Å²) in [6.07, 6.45) is 0. The Labute approximate surface area is 137 Å². The zero-order valence-corrected chi connectivity index (χ0v) is 14.5. The fourth-order valence-electron chi connectivity index (χ4n) is 3.79. The molecule has 1 amide bonds. The Morgan fingerprint density at radius 1 is 1.26 bits per heavy atom. The Kier molecular flexibility index (Phi) is 4.68. The summed E-state index contributed by atoms with van der Waals surface area (Å²) < 4.78 is 5.33. The lowest BCUT2D eigenvalue weighted by Crippen LogP contribution is -2.53. The number of hydrogen-bond donors (Lipinski definition) is 0. The number of likely N-dealkylation sites (tertiary alicyclic amines) is 1. The molecule has 0 aliphatic carbocycles.